The molecular formula is C16H26N2. The van der Waals surface area contributed by atoms with E-state index in [-0.39, 0.29) is 0 Å². The summed E-state index contributed by atoms with van der Waals surface area (Å²) in [6.07, 6.45) is 2.71. The molecule has 0 aliphatic carbocycles. The Labute approximate surface area is 112 Å². The smallest absolute Gasteiger partial charge is 0.0234 e. The summed E-state index contributed by atoms with van der Waals surface area (Å²) in [5.41, 5.74) is 1.44. The Balaban J connectivity index is 1.90. The van der Waals surface area contributed by atoms with Crippen LogP contribution in [-0.4, -0.2) is 42.0 Å². The zero-order valence-electron chi connectivity index (χ0n) is 11.8. The van der Waals surface area contributed by atoms with Gasteiger partial charge in [-0.3, -0.25) is 9.80 Å². The molecular weight excluding hydrogens is 220 g/mol. The second-order valence-electron chi connectivity index (χ2n) is 5.24. The Bertz CT molecular complexity index is 332. The van der Waals surface area contributed by atoms with Gasteiger partial charge in [0.1, 0.15) is 0 Å². The van der Waals surface area contributed by atoms with Gasteiger partial charge in [-0.05, 0) is 38.0 Å². The van der Waals surface area contributed by atoms with Crippen molar-refractivity contribution >= 4 is 0 Å². The lowest BCUT2D eigenvalue weighted by Crippen LogP contribution is -2.47. The Morgan fingerprint density at radius 2 is 1.89 bits per heavy atom. The fourth-order valence-electron chi connectivity index (χ4n) is 3.05. The molecule has 100 valence electrons. The SMILES string of the molecule is CCN(CC)C1CCCN(Cc2ccccc2)C1. The van der Waals surface area contributed by atoms with E-state index in [9.17, 15) is 0 Å². The van der Waals surface area contributed by atoms with Gasteiger partial charge in [-0.1, -0.05) is 44.2 Å². The summed E-state index contributed by atoms with van der Waals surface area (Å²) < 4.78 is 0. The molecule has 1 fully saturated rings. The van der Waals surface area contributed by atoms with Crippen molar-refractivity contribution in [3.63, 3.8) is 0 Å². The van der Waals surface area contributed by atoms with E-state index in [2.05, 4.69) is 54.0 Å². The Morgan fingerprint density at radius 1 is 1.17 bits per heavy atom. The molecule has 1 aliphatic rings. The number of likely N-dealkylation sites (tertiary alicyclic amines) is 1. The minimum Gasteiger partial charge on any atom is -0.300 e. The molecule has 1 aromatic rings. The number of hydrogen-bond acceptors (Lipinski definition) is 2. The van der Waals surface area contributed by atoms with Crippen LogP contribution in [0.5, 0.6) is 0 Å². The molecule has 18 heavy (non-hydrogen) atoms. The topological polar surface area (TPSA) is 6.48 Å². The van der Waals surface area contributed by atoms with Gasteiger partial charge in [0.25, 0.3) is 0 Å². The zero-order chi connectivity index (χ0) is 12.8. The molecule has 1 heterocycles. The van der Waals surface area contributed by atoms with Crippen LogP contribution in [0.2, 0.25) is 0 Å². The number of benzene rings is 1. The molecule has 2 nitrogen and oxygen atoms in total. The third-order valence-corrected chi connectivity index (χ3v) is 4.06. The number of hydrogen-bond donors (Lipinski definition) is 0. The van der Waals surface area contributed by atoms with Crippen molar-refractivity contribution in [2.45, 2.75) is 39.3 Å². The van der Waals surface area contributed by atoms with Crippen molar-refractivity contribution in [3.05, 3.63) is 35.9 Å². The summed E-state index contributed by atoms with van der Waals surface area (Å²) >= 11 is 0. The predicted molar refractivity (Wildman–Crippen MR) is 77.7 cm³/mol. The second-order valence-corrected chi connectivity index (χ2v) is 5.24. The van der Waals surface area contributed by atoms with Crippen LogP contribution < -0.4 is 0 Å². The lowest BCUT2D eigenvalue weighted by Gasteiger charge is -2.38. The molecule has 0 aromatic heterocycles. The summed E-state index contributed by atoms with van der Waals surface area (Å²) in [5.74, 6) is 0. The van der Waals surface area contributed by atoms with Crippen molar-refractivity contribution in [1.29, 1.82) is 0 Å². The first kappa shape index (κ1) is 13.6. The van der Waals surface area contributed by atoms with Gasteiger partial charge in [0, 0.05) is 19.1 Å². The van der Waals surface area contributed by atoms with Crippen LogP contribution in [0.1, 0.15) is 32.3 Å². The first-order valence-electron chi connectivity index (χ1n) is 7.33. The van der Waals surface area contributed by atoms with Gasteiger partial charge in [0.2, 0.25) is 0 Å². The lowest BCUT2D eigenvalue weighted by atomic mass is 10.0. The quantitative estimate of drug-likeness (QED) is 0.788. The average molecular weight is 246 g/mol. The highest BCUT2D eigenvalue weighted by atomic mass is 15.2. The second kappa shape index (κ2) is 6.91. The fraction of sp³-hybridized carbons (Fsp3) is 0.625. The first-order chi connectivity index (χ1) is 8.83. The molecule has 0 amide bonds. The maximum absolute atomic E-state index is 2.61. The Hall–Kier alpha value is -0.860. The molecule has 0 bridgehead atoms. The summed E-state index contributed by atoms with van der Waals surface area (Å²) in [6, 6.07) is 11.6. The van der Waals surface area contributed by atoms with Gasteiger partial charge >= 0.3 is 0 Å². The number of likely N-dealkylation sites (N-methyl/N-ethyl adjacent to an activating group) is 1. The highest BCUT2D eigenvalue weighted by Gasteiger charge is 2.23. The minimum atomic E-state index is 0.762. The van der Waals surface area contributed by atoms with Gasteiger partial charge < -0.3 is 0 Å². The number of nitrogens with zero attached hydrogens (tertiary/aromatic N) is 2. The monoisotopic (exact) mass is 246 g/mol. The molecule has 0 spiro atoms. The molecule has 2 heteroatoms. The van der Waals surface area contributed by atoms with E-state index in [0.717, 1.165) is 12.6 Å². The normalized spacial score (nSPS) is 21.4. The van der Waals surface area contributed by atoms with Gasteiger partial charge in [-0.2, -0.15) is 0 Å². The summed E-state index contributed by atoms with van der Waals surface area (Å²) in [6.45, 7) is 10.5. The Kier molecular flexibility index (Phi) is 5.21. The molecule has 1 aliphatic heterocycles. The molecule has 2 rings (SSSR count). The molecule has 1 atom stereocenters. The van der Waals surface area contributed by atoms with Gasteiger partial charge in [-0.25, -0.2) is 0 Å². The summed E-state index contributed by atoms with van der Waals surface area (Å²) in [5, 5.41) is 0. The van der Waals surface area contributed by atoms with Crippen LogP contribution in [0.4, 0.5) is 0 Å². The largest absolute Gasteiger partial charge is 0.300 e. The molecule has 0 radical (unpaired) electrons. The van der Waals surface area contributed by atoms with E-state index in [1.165, 1.54) is 44.6 Å². The predicted octanol–water partition coefficient (Wildman–Crippen LogP) is 2.99. The third-order valence-electron chi connectivity index (χ3n) is 4.06. The van der Waals surface area contributed by atoms with Crippen molar-refractivity contribution < 1.29 is 0 Å². The fourth-order valence-corrected chi connectivity index (χ4v) is 3.05. The third kappa shape index (κ3) is 3.56. The number of piperidine rings is 1. The van der Waals surface area contributed by atoms with Crippen molar-refractivity contribution in [1.82, 2.24) is 9.80 Å². The van der Waals surface area contributed by atoms with Gasteiger partial charge in [0.15, 0.2) is 0 Å². The Morgan fingerprint density at radius 3 is 2.56 bits per heavy atom. The molecule has 1 unspecified atom stereocenters. The van der Waals surface area contributed by atoms with E-state index in [0.29, 0.717) is 0 Å². The van der Waals surface area contributed by atoms with E-state index in [4.69, 9.17) is 0 Å². The molecule has 1 aromatic carbocycles. The molecule has 1 saturated heterocycles. The standard InChI is InChI=1S/C16H26N2/c1-3-18(4-2)16-11-8-12-17(14-16)13-15-9-6-5-7-10-15/h5-7,9-10,16H,3-4,8,11-14H2,1-2H3. The molecule has 0 N–H and O–H groups in total. The van der Waals surface area contributed by atoms with Crippen molar-refractivity contribution in [3.8, 4) is 0 Å². The van der Waals surface area contributed by atoms with Crippen LogP contribution in [0.3, 0.4) is 0 Å². The van der Waals surface area contributed by atoms with Crippen molar-refractivity contribution in [2.75, 3.05) is 26.2 Å². The highest BCUT2D eigenvalue weighted by Crippen LogP contribution is 2.17. The van der Waals surface area contributed by atoms with Gasteiger partial charge in [-0.15, -0.1) is 0 Å². The van der Waals surface area contributed by atoms with Crippen LogP contribution >= 0.6 is 0 Å². The lowest BCUT2D eigenvalue weighted by molar-refractivity contribution is 0.101. The van der Waals surface area contributed by atoms with E-state index >= 15 is 0 Å². The van der Waals surface area contributed by atoms with Crippen LogP contribution in [-0.2, 0) is 6.54 Å². The van der Waals surface area contributed by atoms with E-state index in [1.807, 2.05) is 0 Å². The first-order valence-corrected chi connectivity index (χ1v) is 7.33. The van der Waals surface area contributed by atoms with Crippen LogP contribution in [0.15, 0.2) is 30.3 Å². The van der Waals surface area contributed by atoms with E-state index in [1.54, 1.807) is 0 Å². The van der Waals surface area contributed by atoms with Gasteiger partial charge in [0.05, 0.1) is 0 Å². The minimum absolute atomic E-state index is 0.762. The summed E-state index contributed by atoms with van der Waals surface area (Å²) in [7, 11) is 0. The zero-order valence-corrected chi connectivity index (χ0v) is 11.8. The average Bonchev–Trinajstić information content (AvgIpc) is 2.42. The number of rotatable bonds is 5. The highest BCUT2D eigenvalue weighted by molar-refractivity contribution is 5.14. The van der Waals surface area contributed by atoms with E-state index < -0.39 is 0 Å². The summed E-state index contributed by atoms with van der Waals surface area (Å²) in [4.78, 5) is 5.22. The maximum atomic E-state index is 2.61. The molecule has 0 saturated carbocycles. The van der Waals surface area contributed by atoms with Crippen LogP contribution in [0.25, 0.3) is 0 Å². The van der Waals surface area contributed by atoms with Crippen LogP contribution in [0, 0.1) is 0 Å². The maximum Gasteiger partial charge on any atom is 0.0234 e. The van der Waals surface area contributed by atoms with Crippen molar-refractivity contribution in [2.24, 2.45) is 0 Å².